The van der Waals surface area contributed by atoms with Crippen molar-refractivity contribution in [3.8, 4) is 11.5 Å². The predicted molar refractivity (Wildman–Crippen MR) is 261 cm³/mol. The minimum atomic E-state index is -3.55. The molecule has 0 bridgehead atoms. The molecule has 348 valence electrons. The zero-order valence-corrected chi connectivity index (χ0v) is 43.4. The van der Waals surface area contributed by atoms with Crippen molar-refractivity contribution in [1.29, 1.82) is 0 Å². The number of piperidine rings is 2. The van der Waals surface area contributed by atoms with E-state index in [4.69, 9.17) is 8.85 Å². The van der Waals surface area contributed by atoms with E-state index in [1.807, 2.05) is 0 Å². The van der Waals surface area contributed by atoms with Gasteiger partial charge in [0.15, 0.2) is 0 Å². The number of nitrogens with zero attached hydrogens (tertiary/aromatic N) is 3. The Kier molecular flexibility index (Phi) is 17.8. The van der Waals surface area contributed by atoms with Gasteiger partial charge in [0.1, 0.15) is 34.8 Å². The quantitative estimate of drug-likeness (QED) is 0.124. The molecule has 2 aromatic carbocycles. The fraction of sp³-hybridized carbons (Fsp3) is 0.500. The van der Waals surface area contributed by atoms with E-state index in [-0.39, 0.29) is 27.0 Å². The summed E-state index contributed by atoms with van der Waals surface area (Å²) in [5, 5.41) is 2.49. The van der Waals surface area contributed by atoms with Crippen LogP contribution in [0.2, 0.25) is 36.3 Å². The van der Waals surface area contributed by atoms with Gasteiger partial charge in [-0.1, -0.05) is 57.5 Å². The van der Waals surface area contributed by atoms with Crippen LogP contribution in [0.1, 0.15) is 67.2 Å². The highest BCUT2D eigenvalue weighted by Crippen LogP contribution is 2.38. The summed E-state index contributed by atoms with van der Waals surface area (Å²) in [7, 11) is -10.8. The standard InChI is InChI=1S/C22H32FN3O3SSi.C16H29N3O3SSi.C6H4BrF/c1-22(2,3)31(4,5)29-19-10-11-21(24-16-19)25-30(27,28)20-12-14-26(15-13-20)18-8-6-17(23)7-9-18;1-16(2,3)24(4,5)22-13-6-7-15(18-12-13)19-23(20,21)14-8-10-17-11-9-14;7-5-1-3-6(8)4-2-5/h6-11,16,20H,12-15H2,1-5H3,(H,24,25);6-7,12,14,17H,8-11H2,1-5H3,(H,18,19);1-4H. The van der Waals surface area contributed by atoms with Gasteiger partial charge in [0.2, 0.25) is 20.0 Å². The first kappa shape index (κ1) is 52.0. The van der Waals surface area contributed by atoms with Gasteiger partial charge in [0, 0.05) is 23.2 Å². The molecule has 0 amide bonds. The lowest BCUT2D eigenvalue weighted by atomic mass is 10.1. The number of benzene rings is 2. The van der Waals surface area contributed by atoms with E-state index in [1.165, 1.54) is 24.3 Å². The Bertz CT molecular complexity index is 2250. The van der Waals surface area contributed by atoms with Crippen molar-refractivity contribution >= 4 is 69.9 Å². The van der Waals surface area contributed by atoms with Crippen LogP contribution in [0, 0.1) is 11.6 Å². The van der Waals surface area contributed by atoms with Crippen LogP contribution >= 0.6 is 15.9 Å². The number of nitrogens with one attached hydrogen (secondary N) is 3. The second-order valence-corrected chi connectivity index (χ2v) is 33.1. The molecule has 2 saturated heterocycles. The molecule has 0 spiro atoms. The molecule has 2 aliphatic heterocycles. The maximum Gasteiger partial charge on any atom is 0.250 e. The molecular formula is C44H65BrF2N6O6S2Si2. The van der Waals surface area contributed by atoms with Crippen molar-refractivity contribution in [2.45, 2.75) is 114 Å². The maximum absolute atomic E-state index is 13.1. The Morgan fingerprint density at radius 1 is 0.635 bits per heavy atom. The molecule has 6 rings (SSSR count). The molecule has 4 aromatic rings. The van der Waals surface area contributed by atoms with Crippen LogP contribution in [-0.4, -0.2) is 80.1 Å². The van der Waals surface area contributed by atoms with Crippen molar-refractivity contribution in [2.24, 2.45) is 0 Å². The van der Waals surface area contributed by atoms with Crippen LogP contribution in [0.5, 0.6) is 11.5 Å². The van der Waals surface area contributed by atoms with E-state index in [0.717, 1.165) is 23.2 Å². The van der Waals surface area contributed by atoms with Crippen LogP contribution in [0.3, 0.4) is 0 Å². The molecular weight excluding hydrogens is 947 g/mol. The van der Waals surface area contributed by atoms with Gasteiger partial charge in [0.25, 0.3) is 16.6 Å². The molecule has 0 aliphatic carbocycles. The minimum Gasteiger partial charge on any atom is -0.542 e. The lowest BCUT2D eigenvalue weighted by Crippen LogP contribution is -2.43. The van der Waals surface area contributed by atoms with Crippen LogP contribution < -0.4 is 28.5 Å². The second kappa shape index (κ2) is 21.6. The third kappa shape index (κ3) is 15.8. The topological polar surface area (TPSA) is 152 Å². The normalized spacial score (nSPS) is 15.9. The Balaban J connectivity index is 0.000000240. The fourth-order valence-corrected chi connectivity index (χ4v) is 11.1. The average molecular weight is 1010 g/mol. The van der Waals surface area contributed by atoms with Gasteiger partial charge < -0.3 is 19.1 Å². The number of aromatic nitrogens is 2. The van der Waals surface area contributed by atoms with Crippen molar-refractivity contribution in [2.75, 3.05) is 40.5 Å². The summed E-state index contributed by atoms with van der Waals surface area (Å²) in [6.07, 6.45) is 5.43. The van der Waals surface area contributed by atoms with E-state index in [1.54, 1.807) is 60.9 Å². The van der Waals surface area contributed by atoms with E-state index in [9.17, 15) is 25.6 Å². The molecule has 0 unspecified atom stereocenters. The molecule has 0 atom stereocenters. The van der Waals surface area contributed by atoms with Gasteiger partial charge >= 0.3 is 0 Å². The highest BCUT2D eigenvalue weighted by Gasteiger charge is 2.40. The lowest BCUT2D eigenvalue weighted by Gasteiger charge is -2.36. The molecule has 3 N–H and O–H groups in total. The number of sulfonamides is 2. The number of hydrogen-bond donors (Lipinski definition) is 3. The zero-order valence-electron chi connectivity index (χ0n) is 38.1. The Hall–Kier alpha value is -3.63. The summed E-state index contributed by atoms with van der Waals surface area (Å²) < 4.78 is 94.1. The van der Waals surface area contributed by atoms with Gasteiger partial charge in [-0.25, -0.2) is 35.6 Å². The van der Waals surface area contributed by atoms with E-state index in [2.05, 4.69) is 113 Å². The highest BCUT2D eigenvalue weighted by atomic mass is 79.9. The van der Waals surface area contributed by atoms with Crippen LogP contribution in [0.4, 0.5) is 26.1 Å². The molecule has 0 saturated carbocycles. The first-order valence-electron chi connectivity index (χ1n) is 21.1. The number of halogens is 3. The first-order chi connectivity index (χ1) is 29.2. The number of pyridine rings is 2. The monoisotopic (exact) mass is 1010 g/mol. The van der Waals surface area contributed by atoms with Crippen molar-refractivity contribution in [3.63, 3.8) is 0 Å². The summed E-state index contributed by atoms with van der Waals surface area (Å²) in [5.41, 5.74) is 0.907. The Morgan fingerprint density at radius 3 is 1.37 bits per heavy atom. The van der Waals surface area contributed by atoms with Gasteiger partial charge in [-0.05, 0) is 148 Å². The third-order valence-electron chi connectivity index (χ3n) is 11.9. The average Bonchev–Trinajstić information content (AvgIpc) is 3.20. The summed E-state index contributed by atoms with van der Waals surface area (Å²) in [5.74, 6) is 1.50. The number of hydrogen-bond acceptors (Lipinski definition) is 10. The Labute approximate surface area is 384 Å². The smallest absolute Gasteiger partial charge is 0.250 e. The fourth-order valence-electron chi connectivity index (χ4n) is 5.97. The lowest BCUT2D eigenvalue weighted by molar-refractivity contribution is 0.490. The summed E-state index contributed by atoms with van der Waals surface area (Å²) >= 11 is 3.18. The van der Waals surface area contributed by atoms with Gasteiger partial charge in [-0.15, -0.1) is 0 Å². The highest BCUT2D eigenvalue weighted by molar-refractivity contribution is 9.10. The second-order valence-electron chi connectivity index (χ2n) is 18.8. The van der Waals surface area contributed by atoms with Gasteiger partial charge in [-0.3, -0.25) is 9.44 Å². The first-order valence-corrected chi connectivity index (χ1v) is 30.8. The summed E-state index contributed by atoms with van der Waals surface area (Å²) in [4.78, 5) is 10.6. The number of anilines is 3. The van der Waals surface area contributed by atoms with E-state index >= 15 is 0 Å². The minimum absolute atomic E-state index is 0.0655. The number of rotatable bonds is 11. The van der Waals surface area contributed by atoms with Gasteiger partial charge in [-0.2, -0.15) is 0 Å². The molecule has 19 heteroatoms. The molecule has 12 nitrogen and oxygen atoms in total. The summed E-state index contributed by atoms with van der Waals surface area (Å²) in [6, 6.07) is 19.3. The molecule has 0 radical (unpaired) electrons. The molecule has 2 aliphatic rings. The molecule has 63 heavy (non-hydrogen) atoms. The largest absolute Gasteiger partial charge is 0.542 e. The van der Waals surface area contributed by atoms with Gasteiger partial charge in [0.05, 0.1) is 22.9 Å². The third-order valence-corrected chi connectivity index (χ3v) is 24.9. The van der Waals surface area contributed by atoms with Crippen molar-refractivity contribution in [1.82, 2.24) is 15.3 Å². The molecule has 2 aromatic heterocycles. The predicted octanol–water partition coefficient (Wildman–Crippen LogP) is 10.6. The SMILES string of the molecule is CC(C)(C)[Si](C)(C)Oc1ccc(NS(=O)(=O)C2CCN(c3ccc(F)cc3)CC2)nc1.CC(C)(C)[Si](C)(C)Oc1ccc(NS(=O)(=O)C2CCNCC2)nc1.Fc1ccc(Br)cc1. The van der Waals surface area contributed by atoms with E-state index < -0.39 is 41.9 Å². The Morgan fingerprint density at radius 2 is 1.02 bits per heavy atom. The maximum atomic E-state index is 13.1. The molecule has 4 heterocycles. The molecule has 2 fully saturated rings. The van der Waals surface area contributed by atoms with Crippen molar-refractivity contribution in [3.05, 3.63) is 101 Å². The van der Waals surface area contributed by atoms with E-state index in [0.29, 0.717) is 61.9 Å². The summed E-state index contributed by atoms with van der Waals surface area (Å²) in [6.45, 7) is 24.3. The van der Waals surface area contributed by atoms with Crippen LogP contribution in [0.25, 0.3) is 0 Å². The van der Waals surface area contributed by atoms with Crippen molar-refractivity contribution < 1.29 is 34.5 Å². The van der Waals surface area contributed by atoms with Crippen LogP contribution in [0.15, 0.2) is 89.7 Å². The zero-order chi connectivity index (χ0) is 46.9. The van der Waals surface area contributed by atoms with Crippen LogP contribution in [-0.2, 0) is 20.0 Å².